The van der Waals surface area contributed by atoms with Gasteiger partial charge in [0.25, 0.3) is 0 Å². The van der Waals surface area contributed by atoms with Gasteiger partial charge in [0.05, 0.1) is 10.5 Å². The topological polar surface area (TPSA) is 76.1 Å². The molecule has 1 atom stereocenters. The third kappa shape index (κ3) is 7.87. The number of sulfonamides is 1. The number of aryl methyl sites for hydroxylation is 1. The smallest absolute Gasteiger partial charge is 0.303 e. The van der Waals surface area contributed by atoms with Gasteiger partial charge >= 0.3 is 6.18 Å². The molecule has 1 unspecified atom stereocenters. The van der Waals surface area contributed by atoms with Crippen molar-refractivity contribution in [2.24, 2.45) is 5.92 Å². The molecule has 0 aliphatic rings. The predicted molar refractivity (Wildman–Crippen MR) is 107 cm³/mol. The van der Waals surface area contributed by atoms with Crippen LogP contribution >= 0.6 is 0 Å². The molecule has 0 radical (unpaired) electrons. The molecule has 164 valence electrons. The van der Waals surface area contributed by atoms with Crippen molar-refractivity contribution >= 4 is 16.3 Å². The Morgan fingerprint density at radius 3 is 2.33 bits per heavy atom. The fourth-order valence-corrected chi connectivity index (χ4v) is 4.11. The number of carbonyl (C=O) groups excluding carboxylic acids is 1. The van der Waals surface area contributed by atoms with Crippen LogP contribution in [-0.4, -0.2) is 26.2 Å². The number of carbonyl (C=O) groups is 1. The summed E-state index contributed by atoms with van der Waals surface area (Å²) in [6.45, 7) is 0.157. The highest BCUT2D eigenvalue weighted by molar-refractivity contribution is 7.89. The summed E-state index contributed by atoms with van der Waals surface area (Å²) < 4.78 is 64.4. The molecule has 30 heavy (non-hydrogen) atoms. The maximum atomic E-state index is 12.6. The van der Waals surface area contributed by atoms with Crippen LogP contribution in [0.4, 0.5) is 13.2 Å². The van der Waals surface area contributed by atoms with Crippen LogP contribution < -0.4 is 4.72 Å². The average molecular weight is 443 g/mol. The van der Waals surface area contributed by atoms with Gasteiger partial charge in [-0.3, -0.25) is 4.98 Å². The van der Waals surface area contributed by atoms with E-state index in [1.165, 1.54) is 0 Å². The van der Waals surface area contributed by atoms with E-state index in [9.17, 15) is 26.4 Å². The number of benzene rings is 1. The molecule has 0 aliphatic heterocycles. The molecule has 1 heterocycles. The quantitative estimate of drug-likeness (QED) is 0.391. The normalized spacial score (nSPS) is 13.2. The average Bonchev–Trinajstić information content (AvgIpc) is 2.72. The monoisotopic (exact) mass is 442 g/mol. The third-order valence-corrected chi connectivity index (χ3v) is 6.22. The lowest BCUT2D eigenvalue weighted by Gasteiger charge is -2.11. The van der Waals surface area contributed by atoms with E-state index in [1.807, 2.05) is 12.1 Å². The highest BCUT2D eigenvalue weighted by Crippen LogP contribution is 2.29. The lowest BCUT2D eigenvalue weighted by atomic mass is 9.96. The van der Waals surface area contributed by atoms with E-state index >= 15 is 0 Å². The molecule has 1 N–H and O–H groups in total. The zero-order chi connectivity index (χ0) is 22.0. The van der Waals surface area contributed by atoms with Crippen LogP contribution in [0.3, 0.4) is 0 Å². The van der Waals surface area contributed by atoms with Gasteiger partial charge in [-0.15, -0.1) is 0 Å². The lowest BCUT2D eigenvalue weighted by Crippen LogP contribution is -2.25. The molecule has 0 saturated carbocycles. The number of nitrogens with zero attached hydrogens (tertiary/aromatic N) is 1. The number of hydrogen-bond donors (Lipinski definition) is 1. The summed E-state index contributed by atoms with van der Waals surface area (Å²) >= 11 is 0. The number of aromatic nitrogens is 1. The summed E-state index contributed by atoms with van der Waals surface area (Å²) in [5.74, 6) is -0.0757. The summed E-state index contributed by atoms with van der Waals surface area (Å²) in [5, 5.41) is 0. The Hall–Kier alpha value is -2.26. The van der Waals surface area contributed by atoms with Crippen molar-refractivity contribution in [3.63, 3.8) is 0 Å². The first kappa shape index (κ1) is 24.0. The molecule has 5 nitrogen and oxygen atoms in total. The molecule has 2 rings (SSSR count). The first-order chi connectivity index (χ1) is 14.2. The Morgan fingerprint density at radius 2 is 1.73 bits per heavy atom. The van der Waals surface area contributed by atoms with E-state index in [0.717, 1.165) is 55.4 Å². The second kappa shape index (κ2) is 11.2. The van der Waals surface area contributed by atoms with Gasteiger partial charge in [0, 0.05) is 24.9 Å². The fourth-order valence-electron chi connectivity index (χ4n) is 3.04. The maximum absolute atomic E-state index is 12.6. The van der Waals surface area contributed by atoms with Crippen LogP contribution in [0.2, 0.25) is 0 Å². The molecule has 1 aromatic carbocycles. The lowest BCUT2D eigenvalue weighted by molar-refractivity contribution is -0.137. The van der Waals surface area contributed by atoms with E-state index < -0.39 is 21.8 Å². The van der Waals surface area contributed by atoms with E-state index in [0.29, 0.717) is 19.3 Å². The summed E-state index contributed by atoms with van der Waals surface area (Å²) in [6.07, 6.45) is 4.30. The number of alkyl halides is 3. The number of pyridine rings is 1. The third-order valence-electron chi connectivity index (χ3n) is 4.74. The van der Waals surface area contributed by atoms with Gasteiger partial charge in [0.1, 0.15) is 6.29 Å². The summed E-state index contributed by atoms with van der Waals surface area (Å²) in [6, 6.07) is 7.24. The number of aldehydes is 1. The molecule has 9 heteroatoms. The Bertz CT molecular complexity index is 886. The summed E-state index contributed by atoms with van der Waals surface area (Å²) in [4.78, 5) is 15.1. The SMILES string of the molecule is O=CC(CCCCNS(=O)(=O)c1ccc(C(F)(F)F)cc1)CCCc1cccnc1. The van der Waals surface area contributed by atoms with Crippen LogP contribution in [0.25, 0.3) is 0 Å². The van der Waals surface area contributed by atoms with Crippen molar-refractivity contribution in [1.29, 1.82) is 0 Å². The highest BCUT2D eigenvalue weighted by Gasteiger charge is 2.30. The van der Waals surface area contributed by atoms with Crippen molar-refractivity contribution < 1.29 is 26.4 Å². The Labute approximate surface area is 174 Å². The Morgan fingerprint density at radius 1 is 1.03 bits per heavy atom. The number of hydrogen-bond acceptors (Lipinski definition) is 4. The minimum absolute atomic E-state index is 0.0757. The Balaban J connectivity index is 1.69. The number of halogens is 3. The molecule has 0 saturated heterocycles. The zero-order valence-electron chi connectivity index (χ0n) is 16.4. The van der Waals surface area contributed by atoms with Crippen LogP contribution in [0.1, 0.15) is 43.2 Å². The zero-order valence-corrected chi connectivity index (χ0v) is 17.3. The summed E-state index contributed by atoms with van der Waals surface area (Å²) in [7, 11) is -3.87. The van der Waals surface area contributed by atoms with Gasteiger partial charge in [-0.2, -0.15) is 13.2 Å². The largest absolute Gasteiger partial charge is 0.416 e. The summed E-state index contributed by atoms with van der Waals surface area (Å²) in [5.41, 5.74) is 0.227. The Kier molecular flexibility index (Phi) is 8.98. The number of nitrogens with one attached hydrogen (secondary N) is 1. The minimum Gasteiger partial charge on any atom is -0.303 e. The van der Waals surface area contributed by atoms with Crippen molar-refractivity contribution in [2.45, 2.75) is 49.6 Å². The second-order valence-electron chi connectivity index (χ2n) is 7.07. The van der Waals surface area contributed by atoms with Crippen molar-refractivity contribution in [2.75, 3.05) is 6.54 Å². The molecule has 1 aromatic heterocycles. The maximum Gasteiger partial charge on any atom is 0.416 e. The van der Waals surface area contributed by atoms with Crippen LogP contribution in [0, 0.1) is 5.92 Å². The molecule has 0 spiro atoms. The molecule has 0 amide bonds. The van der Waals surface area contributed by atoms with Gasteiger partial charge in [0.15, 0.2) is 0 Å². The van der Waals surface area contributed by atoms with Gasteiger partial charge < -0.3 is 4.79 Å². The molecular formula is C21H25F3N2O3S. The van der Waals surface area contributed by atoms with Gasteiger partial charge in [-0.25, -0.2) is 13.1 Å². The van der Waals surface area contributed by atoms with E-state index in [-0.39, 0.29) is 17.4 Å². The van der Waals surface area contributed by atoms with Gasteiger partial charge in [0.2, 0.25) is 10.0 Å². The van der Waals surface area contributed by atoms with E-state index in [1.54, 1.807) is 12.4 Å². The molecule has 2 aromatic rings. The molecular weight excluding hydrogens is 417 g/mol. The molecule has 0 bridgehead atoms. The standard InChI is InChI=1S/C21H25F3N2O3S/c22-21(23,24)19-9-11-20(12-10-19)30(28,29)26-14-2-1-5-18(16-27)7-3-6-17-8-4-13-25-15-17/h4,8-13,15-16,18,26H,1-3,5-7,14H2. The first-order valence-electron chi connectivity index (χ1n) is 9.73. The van der Waals surface area contributed by atoms with Crippen LogP contribution in [0.5, 0.6) is 0 Å². The highest BCUT2D eigenvalue weighted by atomic mass is 32.2. The van der Waals surface area contributed by atoms with Gasteiger partial charge in [-0.05, 0) is 68.0 Å². The number of unbranched alkanes of at least 4 members (excludes halogenated alkanes) is 1. The van der Waals surface area contributed by atoms with Crippen LogP contribution in [0.15, 0.2) is 53.7 Å². The fraction of sp³-hybridized carbons (Fsp3) is 0.429. The van der Waals surface area contributed by atoms with Gasteiger partial charge in [-0.1, -0.05) is 12.5 Å². The number of rotatable bonds is 12. The molecule has 0 aliphatic carbocycles. The van der Waals surface area contributed by atoms with Crippen molar-refractivity contribution in [1.82, 2.24) is 9.71 Å². The second-order valence-corrected chi connectivity index (χ2v) is 8.83. The van der Waals surface area contributed by atoms with E-state index in [4.69, 9.17) is 0 Å². The van der Waals surface area contributed by atoms with Crippen molar-refractivity contribution in [3.05, 3.63) is 59.9 Å². The van der Waals surface area contributed by atoms with E-state index in [2.05, 4.69) is 9.71 Å². The predicted octanol–water partition coefficient (Wildman–Crippen LogP) is 4.39. The minimum atomic E-state index is -4.51. The van der Waals surface area contributed by atoms with Crippen LogP contribution in [-0.2, 0) is 27.4 Å². The molecule has 0 fully saturated rings. The first-order valence-corrected chi connectivity index (χ1v) is 11.2. The van der Waals surface area contributed by atoms with Crippen molar-refractivity contribution in [3.8, 4) is 0 Å².